The topological polar surface area (TPSA) is 50.6 Å². The average molecular weight is 422 g/mol. The average Bonchev–Trinajstić information content (AvgIpc) is 3.46. The van der Waals surface area contributed by atoms with Gasteiger partial charge in [-0.2, -0.15) is 18.3 Å². The van der Waals surface area contributed by atoms with Crippen molar-refractivity contribution in [3.05, 3.63) is 47.8 Å². The number of carbonyl (C=O) groups is 1. The van der Waals surface area contributed by atoms with Crippen LogP contribution in [0.3, 0.4) is 0 Å². The zero-order chi connectivity index (χ0) is 21.1. The Morgan fingerprint density at radius 1 is 1.13 bits per heavy atom. The lowest BCUT2D eigenvalue weighted by atomic mass is 10.2. The summed E-state index contributed by atoms with van der Waals surface area (Å²) in [5.41, 5.74) is -0.452. The largest absolute Gasteiger partial charge is 0.471 e. The summed E-state index contributed by atoms with van der Waals surface area (Å²) >= 11 is 0. The van der Waals surface area contributed by atoms with E-state index in [1.54, 1.807) is 12.3 Å². The number of benzene rings is 1. The summed E-state index contributed by atoms with van der Waals surface area (Å²) < 4.78 is 45.2. The first-order chi connectivity index (χ1) is 14.4. The van der Waals surface area contributed by atoms with Crippen molar-refractivity contribution in [2.24, 2.45) is 5.92 Å². The molecule has 162 valence electrons. The van der Waals surface area contributed by atoms with Crippen LogP contribution < -0.4 is 4.74 Å². The van der Waals surface area contributed by atoms with E-state index in [0.717, 1.165) is 44.1 Å². The van der Waals surface area contributed by atoms with Crippen molar-refractivity contribution in [2.75, 3.05) is 32.7 Å². The molecular formula is C21H25F3N4O2. The molecule has 1 aromatic heterocycles. The van der Waals surface area contributed by atoms with Crippen molar-refractivity contribution >= 4 is 5.91 Å². The van der Waals surface area contributed by atoms with Crippen LogP contribution >= 0.6 is 0 Å². The Morgan fingerprint density at radius 2 is 1.97 bits per heavy atom. The number of halogens is 3. The van der Waals surface area contributed by atoms with Gasteiger partial charge in [0.15, 0.2) is 12.4 Å². The molecule has 4 rings (SSSR count). The summed E-state index contributed by atoms with van der Waals surface area (Å²) in [4.78, 5) is 17.1. The van der Waals surface area contributed by atoms with Gasteiger partial charge in [-0.1, -0.05) is 6.07 Å². The second-order valence-electron chi connectivity index (χ2n) is 7.93. The first-order valence-corrected chi connectivity index (χ1v) is 10.2. The Bertz CT molecular complexity index is 879. The number of aromatic nitrogens is 2. The zero-order valence-corrected chi connectivity index (χ0v) is 16.6. The van der Waals surface area contributed by atoms with Crippen LogP contribution in [0.15, 0.2) is 36.5 Å². The molecule has 1 amide bonds. The van der Waals surface area contributed by atoms with Gasteiger partial charge in [0, 0.05) is 32.4 Å². The molecule has 1 saturated carbocycles. The van der Waals surface area contributed by atoms with Crippen LogP contribution in [0.5, 0.6) is 5.75 Å². The lowest BCUT2D eigenvalue weighted by Crippen LogP contribution is -2.36. The third-order valence-corrected chi connectivity index (χ3v) is 5.47. The lowest BCUT2D eigenvalue weighted by Gasteiger charge is -2.21. The minimum Gasteiger partial charge on any atom is -0.471 e. The van der Waals surface area contributed by atoms with Crippen LogP contribution in [0, 0.1) is 5.92 Å². The van der Waals surface area contributed by atoms with E-state index in [0.29, 0.717) is 18.8 Å². The van der Waals surface area contributed by atoms with E-state index in [4.69, 9.17) is 4.74 Å². The summed E-state index contributed by atoms with van der Waals surface area (Å²) in [7, 11) is 0. The Morgan fingerprint density at radius 3 is 2.73 bits per heavy atom. The maximum atomic E-state index is 12.8. The van der Waals surface area contributed by atoms with E-state index in [9.17, 15) is 18.0 Å². The molecule has 2 heterocycles. The molecule has 1 aliphatic carbocycles. The van der Waals surface area contributed by atoms with E-state index >= 15 is 0 Å². The van der Waals surface area contributed by atoms with Crippen molar-refractivity contribution < 1.29 is 22.7 Å². The Balaban J connectivity index is 1.31. The van der Waals surface area contributed by atoms with Gasteiger partial charge in [-0.25, -0.2) is 4.68 Å². The lowest BCUT2D eigenvalue weighted by molar-refractivity contribution is -0.137. The highest BCUT2D eigenvalue weighted by molar-refractivity contribution is 5.92. The van der Waals surface area contributed by atoms with E-state index in [1.165, 1.54) is 29.7 Å². The summed E-state index contributed by atoms with van der Waals surface area (Å²) in [6.45, 7) is 4.32. The maximum absolute atomic E-state index is 12.8. The van der Waals surface area contributed by atoms with Crippen molar-refractivity contribution in [2.45, 2.75) is 32.2 Å². The standard InChI is InChI=1S/C21H25F3N4O2/c22-21(23,24)17-3-1-4-18(13-17)30-15-28-10-7-19(25-28)20(29)27-9-2-8-26(11-12-27)14-16-5-6-16/h1,3-4,7,10,13,16H,2,5-6,8-9,11-12,14-15H2. The highest BCUT2D eigenvalue weighted by atomic mass is 19.4. The second-order valence-corrected chi connectivity index (χ2v) is 7.93. The molecule has 9 heteroatoms. The third-order valence-electron chi connectivity index (χ3n) is 5.47. The van der Waals surface area contributed by atoms with Gasteiger partial charge in [0.05, 0.1) is 5.56 Å². The van der Waals surface area contributed by atoms with Gasteiger partial charge in [-0.05, 0) is 56.0 Å². The number of carbonyl (C=O) groups excluding carboxylic acids is 1. The molecule has 2 aliphatic rings. The monoisotopic (exact) mass is 422 g/mol. The number of amides is 1. The maximum Gasteiger partial charge on any atom is 0.416 e. The fraction of sp³-hybridized carbons (Fsp3) is 0.524. The van der Waals surface area contributed by atoms with E-state index < -0.39 is 11.7 Å². The molecule has 6 nitrogen and oxygen atoms in total. The predicted octanol–water partition coefficient (Wildman–Crippen LogP) is 3.50. The van der Waals surface area contributed by atoms with E-state index in [1.807, 2.05) is 4.90 Å². The Hall–Kier alpha value is -2.55. The first-order valence-electron chi connectivity index (χ1n) is 10.2. The Labute approximate surface area is 173 Å². The van der Waals surface area contributed by atoms with E-state index in [-0.39, 0.29) is 18.4 Å². The van der Waals surface area contributed by atoms with Gasteiger partial charge in [0.2, 0.25) is 0 Å². The Kier molecular flexibility index (Phi) is 5.99. The molecule has 1 saturated heterocycles. The van der Waals surface area contributed by atoms with Crippen LogP contribution in [-0.2, 0) is 12.9 Å². The number of rotatable bonds is 6. The molecule has 0 atom stereocenters. The predicted molar refractivity (Wildman–Crippen MR) is 104 cm³/mol. The molecule has 0 spiro atoms. The second kappa shape index (κ2) is 8.67. The molecule has 1 aromatic carbocycles. The van der Waals surface area contributed by atoms with Crippen LogP contribution in [-0.4, -0.2) is 58.2 Å². The summed E-state index contributed by atoms with van der Waals surface area (Å²) in [5.74, 6) is 0.803. The third kappa shape index (κ3) is 5.33. The fourth-order valence-electron chi connectivity index (χ4n) is 3.63. The van der Waals surface area contributed by atoms with Gasteiger partial charge in [-0.3, -0.25) is 4.79 Å². The highest BCUT2D eigenvalue weighted by Crippen LogP contribution is 2.31. The zero-order valence-electron chi connectivity index (χ0n) is 16.6. The van der Waals surface area contributed by atoms with Crippen molar-refractivity contribution in [1.82, 2.24) is 19.6 Å². The molecule has 0 bridgehead atoms. The molecule has 0 N–H and O–H groups in total. The van der Waals surface area contributed by atoms with Crippen LogP contribution in [0.4, 0.5) is 13.2 Å². The van der Waals surface area contributed by atoms with Gasteiger partial charge in [0.1, 0.15) is 5.75 Å². The van der Waals surface area contributed by atoms with Gasteiger partial charge in [0.25, 0.3) is 5.91 Å². The quantitative estimate of drug-likeness (QED) is 0.715. The van der Waals surface area contributed by atoms with Gasteiger partial charge in [-0.15, -0.1) is 0 Å². The number of ether oxygens (including phenoxy) is 1. The summed E-state index contributed by atoms with van der Waals surface area (Å²) in [5, 5.41) is 4.24. The number of alkyl halides is 3. The number of hydrogen-bond acceptors (Lipinski definition) is 4. The number of hydrogen-bond donors (Lipinski definition) is 0. The molecular weight excluding hydrogens is 397 g/mol. The summed E-state index contributed by atoms with van der Waals surface area (Å²) in [6.07, 6.45) is 0.750. The minimum absolute atomic E-state index is 0.0796. The van der Waals surface area contributed by atoms with Gasteiger partial charge >= 0.3 is 6.18 Å². The minimum atomic E-state index is -4.42. The molecule has 30 heavy (non-hydrogen) atoms. The molecule has 0 unspecified atom stereocenters. The smallest absolute Gasteiger partial charge is 0.416 e. The van der Waals surface area contributed by atoms with E-state index in [2.05, 4.69) is 10.00 Å². The summed E-state index contributed by atoms with van der Waals surface area (Å²) in [6, 6.07) is 6.30. The molecule has 0 radical (unpaired) electrons. The highest BCUT2D eigenvalue weighted by Gasteiger charge is 2.30. The van der Waals surface area contributed by atoms with Crippen LogP contribution in [0.25, 0.3) is 0 Å². The van der Waals surface area contributed by atoms with Crippen LogP contribution in [0.1, 0.15) is 35.3 Å². The molecule has 2 aromatic rings. The fourth-order valence-corrected chi connectivity index (χ4v) is 3.63. The molecule has 1 aliphatic heterocycles. The first kappa shape index (κ1) is 20.7. The number of nitrogens with zero attached hydrogens (tertiary/aromatic N) is 4. The van der Waals surface area contributed by atoms with Crippen molar-refractivity contribution in [1.29, 1.82) is 0 Å². The molecule has 2 fully saturated rings. The van der Waals surface area contributed by atoms with Crippen molar-refractivity contribution in [3.8, 4) is 5.75 Å². The SMILES string of the molecule is O=C(c1ccn(COc2cccc(C(F)(F)F)c2)n1)N1CCCN(CC2CC2)CC1. The van der Waals surface area contributed by atoms with Crippen molar-refractivity contribution in [3.63, 3.8) is 0 Å². The normalized spacial score (nSPS) is 18.3. The van der Waals surface area contributed by atoms with Crippen LogP contribution in [0.2, 0.25) is 0 Å². The van der Waals surface area contributed by atoms with Gasteiger partial charge < -0.3 is 14.5 Å².